The number of hydrogen-bond acceptors (Lipinski definition) is 2. The number of carbonyl (C=O) groups excluding carboxylic acids is 1. The van der Waals surface area contributed by atoms with E-state index in [0.717, 1.165) is 12.3 Å². The number of hydrogen-bond donors (Lipinski definition) is 0. The van der Waals surface area contributed by atoms with E-state index in [-0.39, 0.29) is 18.0 Å². The third kappa shape index (κ3) is 1.13. The summed E-state index contributed by atoms with van der Waals surface area (Å²) in [6.45, 7) is 4.27. The van der Waals surface area contributed by atoms with Crippen LogP contribution in [0.2, 0.25) is 0 Å². The summed E-state index contributed by atoms with van der Waals surface area (Å²) in [6.07, 6.45) is 3.74. The first kappa shape index (κ1) is 8.09. The lowest BCUT2D eigenvalue weighted by Gasteiger charge is -2.28. The Balaban J connectivity index is 2.10. The molecule has 12 heavy (non-hydrogen) atoms. The van der Waals surface area contributed by atoms with E-state index >= 15 is 0 Å². The fraction of sp³-hybridized carbons (Fsp3) is 0.900. The summed E-state index contributed by atoms with van der Waals surface area (Å²) in [5.74, 6) is 1.47. The quantitative estimate of drug-likeness (QED) is 0.517. The van der Waals surface area contributed by atoms with Crippen LogP contribution in [-0.2, 0) is 9.53 Å². The summed E-state index contributed by atoms with van der Waals surface area (Å²) >= 11 is 0. The molecule has 0 bridgehead atoms. The smallest absolute Gasteiger partial charge is 0.309 e. The molecular formula is C10H16O2. The summed E-state index contributed by atoms with van der Waals surface area (Å²) in [7, 11) is 0. The van der Waals surface area contributed by atoms with E-state index in [0.29, 0.717) is 5.92 Å². The molecule has 2 heteroatoms. The highest BCUT2D eigenvalue weighted by Gasteiger charge is 2.44. The number of rotatable bonds is 0. The molecule has 1 heterocycles. The normalized spacial score (nSPS) is 47.0. The first-order valence-corrected chi connectivity index (χ1v) is 4.89. The van der Waals surface area contributed by atoms with Crippen molar-refractivity contribution in [2.45, 2.75) is 39.2 Å². The molecule has 1 aliphatic carbocycles. The van der Waals surface area contributed by atoms with Crippen LogP contribution >= 0.6 is 0 Å². The molecule has 1 aliphatic heterocycles. The Hall–Kier alpha value is -0.530. The van der Waals surface area contributed by atoms with Crippen molar-refractivity contribution in [2.75, 3.05) is 0 Å². The minimum atomic E-state index is 0.0269. The van der Waals surface area contributed by atoms with Gasteiger partial charge in [-0.1, -0.05) is 13.8 Å². The number of fused-ring (bicyclic) bond motifs is 1. The number of ether oxygens (including phenoxy) is 1. The van der Waals surface area contributed by atoms with Gasteiger partial charge in [-0.05, 0) is 25.2 Å². The first-order chi connectivity index (χ1) is 5.68. The second-order valence-corrected chi connectivity index (χ2v) is 4.35. The van der Waals surface area contributed by atoms with Gasteiger partial charge in [0, 0.05) is 5.92 Å². The lowest BCUT2D eigenvalue weighted by Crippen LogP contribution is -2.27. The lowest BCUT2D eigenvalue weighted by atomic mass is 9.76. The van der Waals surface area contributed by atoms with E-state index in [1.165, 1.54) is 12.8 Å². The van der Waals surface area contributed by atoms with Gasteiger partial charge in [-0.25, -0.2) is 0 Å². The molecule has 0 N–H and O–H groups in total. The SMILES string of the molecule is CC1CCC2OC(=O)C(C)C2C1. The molecule has 1 saturated carbocycles. The predicted octanol–water partition coefficient (Wildman–Crippen LogP) is 1.98. The van der Waals surface area contributed by atoms with Gasteiger partial charge in [-0.15, -0.1) is 0 Å². The van der Waals surface area contributed by atoms with Gasteiger partial charge in [0.15, 0.2) is 0 Å². The van der Waals surface area contributed by atoms with Crippen LogP contribution in [0.5, 0.6) is 0 Å². The highest BCUT2D eigenvalue weighted by atomic mass is 16.6. The zero-order valence-electron chi connectivity index (χ0n) is 7.75. The van der Waals surface area contributed by atoms with E-state index in [2.05, 4.69) is 6.92 Å². The maximum absolute atomic E-state index is 11.2. The minimum Gasteiger partial charge on any atom is -0.462 e. The summed E-state index contributed by atoms with van der Waals surface area (Å²) in [6, 6.07) is 0. The van der Waals surface area contributed by atoms with Gasteiger partial charge in [0.05, 0.1) is 5.92 Å². The van der Waals surface area contributed by atoms with E-state index in [1.807, 2.05) is 6.92 Å². The maximum Gasteiger partial charge on any atom is 0.309 e. The summed E-state index contributed by atoms with van der Waals surface area (Å²) in [5, 5.41) is 0. The monoisotopic (exact) mass is 168 g/mol. The Labute approximate surface area is 73.3 Å². The summed E-state index contributed by atoms with van der Waals surface area (Å²) in [4.78, 5) is 11.2. The number of esters is 1. The second kappa shape index (κ2) is 2.75. The van der Waals surface area contributed by atoms with Crippen LogP contribution in [0, 0.1) is 17.8 Å². The topological polar surface area (TPSA) is 26.3 Å². The Morgan fingerprint density at radius 2 is 2.08 bits per heavy atom. The molecule has 2 aliphatic rings. The van der Waals surface area contributed by atoms with Gasteiger partial charge in [-0.3, -0.25) is 4.79 Å². The molecular weight excluding hydrogens is 152 g/mol. The van der Waals surface area contributed by atoms with Crippen molar-refractivity contribution in [2.24, 2.45) is 17.8 Å². The number of carbonyl (C=O) groups is 1. The van der Waals surface area contributed by atoms with Crippen molar-refractivity contribution in [3.8, 4) is 0 Å². The van der Waals surface area contributed by atoms with Crippen LogP contribution in [-0.4, -0.2) is 12.1 Å². The zero-order valence-corrected chi connectivity index (χ0v) is 7.75. The Bertz CT molecular complexity index is 200. The third-order valence-corrected chi connectivity index (χ3v) is 3.38. The molecule has 4 atom stereocenters. The summed E-state index contributed by atoms with van der Waals surface area (Å²) in [5.41, 5.74) is 0. The highest BCUT2D eigenvalue weighted by Crippen LogP contribution is 2.40. The molecule has 0 aromatic carbocycles. The van der Waals surface area contributed by atoms with Crippen molar-refractivity contribution >= 4 is 5.97 Å². The van der Waals surface area contributed by atoms with Gasteiger partial charge in [0.2, 0.25) is 0 Å². The lowest BCUT2D eigenvalue weighted by molar-refractivity contribution is -0.144. The Morgan fingerprint density at radius 1 is 1.33 bits per heavy atom. The first-order valence-electron chi connectivity index (χ1n) is 4.89. The minimum absolute atomic E-state index is 0.0269. The summed E-state index contributed by atoms with van der Waals surface area (Å²) < 4.78 is 5.29. The molecule has 4 unspecified atom stereocenters. The predicted molar refractivity (Wildman–Crippen MR) is 45.5 cm³/mol. The molecule has 1 saturated heterocycles. The van der Waals surface area contributed by atoms with Crippen molar-refractivity contribution in [3.63, 3.8) is 0 Å². The fourth-order valence-electron chi connectivity index (χ4n) is 2.50. The Kier molecular flexibility index (Phi) is 1.85. The molecule has 2 fully saturated rings. The van der Waals surface area contributed by atoms with Crippen molar-refractivity contribution in [3.05, 3.63) is 0 Å². The standard InChI is InChI=1S/C10H16O2/c1-6-3-4-9-8(5-6)7(2)10(11)12-9/h6-9H,3-5H2,1-2H3. The van der Waals surface area contributed by atoms with Crippen molar-refractivity contribution in [1.29, 1.82) is 0 Å². The molecule has 68 valence electrons. The third-order valence-electron chi connectivity index (χ3n) is 3.38. The van der Waals surface area contributed by atoms with Crippen LogP contribution in [0.4, 0.5) is 0 Å². The van der Waals surface area contributed by atoms with E-state index in [1.54, 1.807) is 0 Å². The Morgan fingerprint density at radius 3 is 2.83 bits per heavy atom. The molecule has 2 rings (SSSR count). The van der Waals surface area contributed by atoms with Crippen LogP contribution in [0.1, 0.15) is 33.1 Å². The van der Waals surface area contributed by atoms with Crippen LogP contribution in [0.15, 0.2) is 0 Å². The van der Waals surface area contributed by atoms with Crippen LogP contribution < -0.4 is 0 Å². The van der Waals surface area contributed by atoms with Gasteiger partial charge >= 0.3 is 5.97 Å². The average Bonchev–Trinajstić information content (AvgIpc) is 2.31. The molecule has 0 aromatic heterocycles. The molecule has 2 nitrogen and oxygen atoms in total. The molecule has 0 amide bonds. The second-order valence-electron chi connectivity index (χ2n) is 4.35. The van der Waals surface area contributed by atoms with Gasteiger partial charge < -0.3 is 4.74 Å². The maximum atomic E-state index is 11.2. The van der Waals surface area contributed by atoms with Crippen LogP contribution in [0.25, 0.3) is 0 Å². The molecule has 0 aromatic rings. The van der Waals surface area contributed by atoms with Gasteiger partial charge in [0.25, 0.3) is 0 Å². The fourth-order valence-corrected chi connectivity index (χ4v) is 2.50. The van der Waals surface area contributed by atoms with Crippen LogP contribution in [0.3, 0.4) is 0 Å². The van der Waals surface area contributed by atoms with Gasteiger partial charge in [-0.2, -0.15) is 0 Å². The zero-order chi connectivity index (χ0) is 8.72. The van der Waals surface area contributed by atoms with E-state index < -0.39 is 0 Å². The van der Waals surface area contributed by atoms with Crippen molar-refractivity contribution < 1.29 is 9.53 Å². The van der Waals surface area contributed by atoms with E-state index in [9.17, 15) is 4.79 Å². The van der Waals surface area contributed by atoms with E-state index in [4.69, 9.17) is 4.74 Å². The largest absolute Gasteiger partial charge is 0.462 e. The van der Waals surface area contributed by atoms with Gasteiger partial charge in [0.1, 0.15) is 6.10 Å². The highest BCUT2D eigenvalue weighted by molar-refractivity contribution is 5.74. The molecule has 0 radical (unpaired) electrons. The van der Waals surface area contributed by atoms with Crippen molar-refractivity contribution in [1.82, 2.24) is 0 Å². The average molecular weight is 168 g/mol. The molecule has 0 spiro atoms.